The number of hydrogen-bond donors (Lipinski definition) is 0. The normalized spacial score (nSPS) is 9.13. The van der Waals surface area contributed by atoms with Gasteiger partial charge in [0, 0.05) is 12.5 Å². The molecule has 0 fully saturated rings. The van der Waals surface area contributed by atoms with Gasteiger partial charge in [0.15, 0.2) is 0 Å². The quantitative estimate of drug-likeness (QED) is 0.605. The maximum absolute atomic E-state index is 3.50. The maximum atomic E-state index is 3.50. The molecule has 0 nitrogen and oxygen atoms in total. The molecule has 0 N–H and O–H groups in total. The Bertz CT molecular complexity index is 481. The van der Waals surface area contributed by atoms with E-state index in [-0.39, 0.29) is 0 Å². The van der Waals surface area contributed by atoms with Gasteiger partial charge in [0.2, 0.25) is 0 Å². The third kappa shape index (κ3) is 2.27. The predicted molar refractivity (Wildman–Crippen MR) is 64.1 cm³/mol. The molecule has 0 saturated heterocycles. The van der Waals surface area contributed by atoms with E-state index in [4.69, 9.17) is 0 Å². The highest BCUT2D eigenvalue weighted by Crippen LogP contribution is 2.18. The molecule has 0 heterocycles. The Kier molecular flexibility index (Phi) is 2.85. The second-order valence-corrected chi connectivity index (χ2v) is 3.25. The molecule has 71 valence electrons. The van der Waals surface area contributed by atoms with Crippen molar-refractivity contribution in [2.24, 2.45) is 0 Å². The first-order valence-electron chi connectivity index (χ1n) is 4.84. The molecule has 0 amide bonds. The van der Waals surface area contributed by atoms with Crippen LogP contribution in [0.4, 0.5) is 0 Å². The van der Waals surface area contributed by atoms with Crippen LogP contribution in [0.1, 0.15) is 5.56 Å². The summed E-state index contributed by atoms with van der Waals surface area (Å²) in [4.78, 5) is 0. The summed E-state index contributed by atoms with van der Waals surface area (Å²) in [6, 6.07) is 18.5. The predicted octanol–water partition coefficient (Wildman–Crippen LogP) is 3.54. The summed E-state index contributed by atoms with van der Waals surface area (Å²) >= 11 is 0. The van der Waals surface area contributed by atoms with Crippen molar-refractivity contribution in [3.05, 3.63) is 67.1 Å². The van der Waals surface area contributed by atoms with E-state index >= 15 is 0 Å². The van der Waals surface area contributed by atoms with Gasteiger partial charge in [0.25, 0.3) is 0 Å². The van der Waals surface area contributed by atoms with Gasteiger partial charge in [-0.05, 0) is 23.3 Å². The highest BCUT2D eigenvalue weighted by atomic mass is 14.0. The van der Waals surface area contributed by atoms with E-state index in [1.165, 1.54) is 11.1 Å². The molecule has 0 unspecified atom stereocenters. The van der Waals surface area contributed by atoms with Gasteiger partial charge in [-0.25, -0.2) is 0 Å². The summed E-state index contributed by atoms with van der Waals surface area (Å²) in [7, 11) is 0. The van der Waals surface area contributed by atoms with Crippen molar-refractivity contribution in [3.8, 4) is 23.0 Å². The molecule has 0 aromatic heterocycles. The van der Waals surface area contributed by atoms with E-state index in [0.717, 1.165) is 5.56 Å². The summed E-state index contributed by atoms with van der Waals surface area (Å²) in [6.07, 6.45) is 0. The zero-order valence-corrected chi connectivity index (χ0v) is 8.40. The van der Waals surface area contributed by atoms with E-state index in [1.54, 1.807) is 0 Å². The molecule has 1 radical (unpaired) electrons. The van der Waals surface area contributed by atoms with Gasteiger partial charge < -0.3 is 0 Å². The van der Waals surface area contributed by atoms with Gasteiger partial charge in [0.05, 0.1) is 0 Å². The Balaban J connectivity index is 2.35. The maximum Gasteiger partial charge on any atom is 0.0245 e. The number of benzene rings is 2. The SMILES string of the molecule is [CH2]C#Cc1ccc(-c2ccccc2)cc1. The minimum atomic E-state index is 1.00. The molecule has 0 saturated carbocycles. The van der Waals surface area contributed by atoms with Crippen LogP contribution in [-0.4, -0.2) is 0 Å². The highest BCUT2D eigenvalue weighted by Gasteiger charge is 1.94. The van der Waals surface area contributed by atoms with Crippen molar-refractivity contribution in [1.29, 1.82) is 0 Å². The number of rotatable bonds is 1. The largest absolute Gasteiger partial charge is 0.0969 e. The number of hydrogen-bond acceptors (Lipinski definition) is 0. The standard InChI is InChI=1S/C15H11/c1-2-6-13-9-11-15(12-10-13)14-7-4-3-5-8-14/h3-5,7-12H,1H2. The third-order valence-corrected chi connectivity index (χ3v) is 2.22. The van der Waals surface area contributed by atoms with Crippen LogP contribution in [0.5, 0.6) is 0 Å². The summed E-state index contributed by atoms with van der Waals surface area (Å²) < 4.78 is 0. The molecule has 0 heteroatoms. The van der Waals surface area contributed by atoms with Crippen LogP contribution in [-0.2, 0) is 0 Å². The van der Waals surface area contributed by atoms with Crippen LogP contribution in [0.2, 0.25) is 0 Å². The Hall–Kier alpha value is -2.00. The van der Waals surface area contributed by atoms with Gasteiger partial charge in [-0.2, -0.15) is 0 Å². The second kappa shape index (κ2) is 4.48. The molecular formula is C15H11. The van der Waals surface area contributed by atoms with Crippen LogP contribution < -0.4 is 0 Å². The van der Waals surface area contributed by atoms with Gasteiger partial charge >= 0.3 is 0 Å². The second-order valence-electron chi connectivity index (χ2n) is 3.25. The summed E-state index contributed by atoms with van der Waals surface area (Å²) in [5, 5.41) is 0. The van der Waals surface area contributed by atoms with Crippen LogP contribution >= 0.6 is 0 Å². The van der Waals surface area contributed by atoms with Crippen molar-refractivity contribution in [2.75, 3.05) is 0 Å². The monoisotopic (exact) mass is 191 g/mol. The third-order valence-electron chi connectivity index (χ3n) is 2.22. The average molecular weight is 191 g/mol. The minimum Gasteiger partial charge on any atom is -0.0969 e. The van der Waals surface area contributed by atoms with Gasteiger partial charge in [-0.15, -0.1) is 0 Å². The Labute approximate surface area is 90.6 Å². The zero-order valence-electron chi connectivity index (χ0n) is 8.40. The van der Waals surface area contributed by atoms with Crippen molar-refractivity contribution in [3.63, 3.8) is 0 Å². The van der Waals surface area contributed by atoms with Crippen LogP contribution in [0.15, 0.2) is 54.6 Å². The van der Waals surface area contributed by atoms with Crippen LogP contribution in [0.25, 0.3) is 11.1 Å². The van der Waals surface area contributed by atoms with Crippen molar-refractivity contribution < 1.29 is 0 Å². The molecular weight excluding hydrogens is 180 g/mol. The van der Waals surface area contributed by atoms with E-state index in [1.807, 2.05) is 30.3 Å². The van der Waals surface area contributed by atoms with Crippen LogP contribution in [0.3, 0.4) is 0 Å². The summed E-state index contributed by atoms with van der Waals surface area (Å²) in [6.45, 7) is 3.50. The summed E-state index contributed by atoms with van der Waals surface area (Å²) in [5.74, 6) is 5.57. The zero-order chi connectivity index (χ0) is 10.5. The Morgan fingerprint density at radius 2 is 1.33 bits per heavy atom. The fourth-order valence-electron chi connectivity index (χ4n) is 1.48. The van der Waals surface area contributed by atoms with Crippen molar-refractivity contribution >= 4 is 0 Å². The Morgan fingerprint density at radius 3 is 1.93 bits per heavy atom. The van der Waals surface area contributed by atoms with Crippen molar-refractivity contribution in [1.82, 2.24) is 0 Å². The van der Waals surface area contributed by atoms with Crippen molar-refractivity contribution in [2.45, 2.75) is 0 Å². The summed E-state index contributed by atoms with van der Waals surface area (Å²) in [5.41, 5.74) is 3.45. The molecule has 0 aliphatic carbocycles. The smallest absolute Gasteiger partial charge is 0.0245 e. The molecule has 15 heavy (non-hydrogen) atoms. The molecule has 0 spiro atoms. The fourth-order valence-corrected chi connectivity index (χ4v) is 1.48. The first-order valence-corrected chi connectivity index (χ1v) is 4.84. The molecule has 2 rings (SSSR count). The van der Waals surface area contributed by atoms with Gasteiger partial charge in [-0.3, -0.25) is 0 Å². The Morgan fingerprint density at radius 1 is 0.733 bits per heavy atom. The lowest BCUT2D eigenvalue weighted by Gasteiger charge is -2.00. The van der Waals surface area contributed by atoms with Gasteiger partial charge in [-0.1, -0.05) is 54.3 Å². The highest BCUT2D eigenvalue weighted by molar-refractivity contribution is 5.64. The van der Waals surface area contributed by atoms with E-state index in [0.29, 0.717) is 0 Å². The molecule has 2 aromatic rings. The lowest BCUT2D eigenvalue weighted by Crippen LogP contribution is -1.78. The van der Waals surface area contributed by atoms with Gasteiger partial charge in [0.1, 0.15) is 0 Å². The van der Waals surface area contributed by atoms with E-state index in [9.17, 15) is 0 Å². The molecule has 2 aromatic carbocycles. The molecule has 0 atom stereocenters. The molecule has 0 aliphatic heterocycles. The molecule has 0 aliphatic rings. The van der Waals surface area contributed by atoms with E-state index in [2.05, 4.69) is 43.0 Å². The lowest BCUT2D eigenvalue weighted by molar-refractivity contribution is 1.59. The van der Waals surface area contributed by atoms with E-state index < -0.39 is 0 Å². The lowest BCUT2D eigenvalue weighted by atomic mass is 10.0. The average Bonchev–Trinajstić information content (AvgIpc) is 2.32. The minimum absolute atomic E-state index is 1.00. The topological polar surface area (TPSA) is 0 Å². The fraction of sp³-hybridized carbons (Fsp3) is 0. The van der Waals surface area contributed by atoms with Crippen LogP contribution in [0, 0.1) is 18.8 Å². The first kappa shape index (κ1) is 9.55. The molecule has 0 bridgehead atoms. The first-order chi connectivity index (χ1) is 7.40.